The van der Waals surface area contributed by atoms with Crippen molar-refractivity contribution in [1.82, 2.24) is 24.6 Å². The van der Waals surface area contributed by atoms with Gasteiger partial charge in [-0.3, -0.25) is 4.79 Å². The largest absolute Gasteiger partial charge is 0.496 e. The van der Waals surface area contributed by atoms with Crippen molar-refractivity contribution in [2.75, 3.05) is 25.7 Å². The minimum Gasteiger partial charge on any atom is -0.496 e. The fraction of sp³-hybridized carbons (Fsp3) is 0.179. The van der Waals surface area contributed by atoms with Gasteiger partial charge in [0, 0.05) is 36.8 Å². The van der Waals surface area contributed by atoms with Gasteiger partial charge in [0.25, 0.3) is 11.1 Å². The number of furan rings is 1. The van der Waals surface area contributed by atoms with Crippen LogP contribution in [0.3, 0.4) is 0 Å². The second-order valence-electron chi connectivity index (χ2n) is 9.11. The molecule has 0 saturated carbocycles. The Kier molecular flexibility index (Phi) is 5.81. The summed E-state index contributed by atoms with van der Waals surface area (Å²) in [7, 11) is 3.18. The van der Waals surface area contributed by atoms with Gasteiger partial charge in [-0.2, -0.15) is 0 Å². The summed E-state index contributed by atoms with van der Waals surface area (Å²) in [6, 6.07) is 11.5. The number of carbonyl (C=O) groups is 1. The Morgan fingerprint density at radius 2 is 2.00 bits per heavy atom. The lowest BCUT2D eigenvalue weighted by atomic mass is 10.1. The number of methoxy groups -OCH3 is 2. The van der Waals surface area contributed by atoms with Gasteiger partial charge in [0.2, 0.25) is 4.96 Å². The lowest BCUT2D eigenvalue weighted by Crippen LogP contribution is -2.29. The summed E-state index contributed by atoms with van der Waals surface area (Å²) in [6.45, 7) is 0.893. The summed E-state index contributed by atoms with van der Waals surface area (Å²) in [5, 5.41) is 5.67. The number of fused-ring (bicyclic) bond motifs is 3. The van der Waals surface area contributed by atoms with Gasteiger partial charge in [0.05, 0.1) is 31.4 Å². The van der Waals surface area contributed by atoms with Gasteiger partial charge >= 0.3 is 0 Å². The van der Waals surface area contributed by atoms with Crippen LogP contribution in [0, 0.1) is 0 Å². The predicted octanol–water partition coefficient (Wildman–Crippen LogP) is 4.79. The van der Waals surface area contributed by atoms with Crippen LogP contribution in [0.25, 0.3) is 27.4 Å². The summed E-state index contributed by atoms with van der Waals surface area (Å²) in [5.74, 6) is 1.70. The minimum absolute atomic E-state index is 0.120. The first-order chi connectivity index (χ1) is 19.6. The van der Waals surface area contributed by atoms with Crippen LogP contribution < -0.4 is 19.1 Å². The smallest absolute Gasteiger partial charge is 0.294 e. The minimum atomic E-state index is -0.120. The lowest BCUT2D eigenvalue weighted by Gasteiger charge is -2.18. The maximum atomic E-state index is 13.1. The Morgan fingerprint density at radius 3 is 2.80 bits per heavy atom. The molecule has 0 N–H and O–H groups in total. The molecular formula is C28H22N6O5S. The highest BCUT2D eigenvalue weighted by Crippen LogP contribution is 2.38. The van der Waals surface area contributed by atoms with E-state index in [1.165, 1.54) is 30.1 Å². The van der Waals surface area contributed by atoms with E-state index >= 15 is 0 Å². The Bertz CT molecular complexity index is 1850. The molecule has 5 heterocycles. The number of benzene rings is 2. The van der Waals surface area contributed by atoms with Crippen molar-refractivity contribution in [3.8, 4) is 28.1 Å². The normalized spacial score (nSPS) is 12.7. The first-order valence-corrected chi connectivity index (χ1v) is 13.3. The summed E-state index contributed by atoms with van der Waals surface area (Å²) >= 11 is 1.35. The molecule has 200 valence electrons. The van der Waals surface area contributed by atoms with Crippen LogP contribution in [0.1, 0.15) is 21.5 Å². The number of hydrogen-bond donors (Lipinski definition) is 0. The Morgan fingerprint density at radius 1 is 1.12 bits per heavy atom. The van der Waals surface area contributed by atoms with Crippen molar-refractivity contribution in [2.45, 2.75) is 13.0 Å². The second-order valence-corrected chi connectivity index (χ2v) is 10.0. The van der Waals surface area contributed by atoms with E-state index in [4.69, 9.17) is 18.6 Å². The maximum Gasteiger partial charge on any atom is 0.294 e. The molecule has 0 radical (unpaired) electrons. The summed E-state index contributed by atoms with van der Waals surface area (Å²) < 4.78 is 24.9. The Balaban J connectivity index is 1.18. The third-order valence-electron chi connectivity index (χ3n) is 6.82. The maximum absolute atomic E-state index is 13.1. The van der Waals surface area contributed by atoms with Gasteiger partial charge < -0.3 is 23.5 Å². The molecule has 0 bridgehead atoms. The first kappa shape index (κ1) is 24.1. The molecule has 0 fully saturated rings. The molecule has 0 atom stereocenters. The van der Waals surface area contributed by atoms with Crippen molar-refractivity contribution in [3.05, 3.63) is 78.0 Å². The van der Waals surface area contributed by atoms with Gasteiger partial charge in [0.1, 0.15) is 35.7 Å². The van der Waals surface area contributed by atoms with E-state index in [0.29, 0.717) is 57.4 Å². The van der Waals surface area contributed by atoms with Crippen molar-refractivity contribution >= 4 is 38.9 Å². The molecule has 6 aromatic rings. The number of ether oxygens (including phenoxy) is 3. The third kappa shape index (κ3) is 4.09. The Labute approximate surface area is 231 Å². The molecule has 2 aromatic carbocycles. The highest BCUT2D eigenvalue weighted by Gasteiger charge is 2.28. The van der Waals surface area contributed by atoms with Gasteiger partial charge in [-0.25, -0.2) is 19.5 Å². The van der Waals surface area contributed by atoms with Crippen molar-refractivity contribution in [1.29, 1.82) is 0 Å². The average Bonchev–Trinajstić information content (AvgIpc) is 3.77. The molecule has 0 aliphatic carbocycles. The average molecular weight is 555 g/mol. The van der Waals surface area contributed by atoms with E-state index in [2.05, 4.69) is 20.1 Å². The molecule has 1 aliphatic heterocycles. The zero-order valence-corrected chi connectivity index (χ0v) is 22.3. The van der Waals surface area contributed by atoms with Crippen LogP contribution in [0.4, 0.5) is 5.69 Å². The highest BCUT2D eigenvalue weighted by atomic mass is 32.1. The number of carbonyl (C=O) groups excluding carboxylic acids is 1. The SMILES string of the molecule is COc1cc(OCc2cccc3c2CCN3C(=O)c2cncnc2)c2cc(-c3cn4nc(OC)sc4n3)oc2c1. The summed E-state index contributed by atoms with van der Waals surface area (Å²) in [5.41, 5.74) is 4.69. The quantitative estimate of drug-likeness (QED) is 0.274. The van der Waals surface area contributed by atoms with Crippen LogP contribution in [-0.2, 0) is 13.0 Å². The molecule has 1 aliphatic rings. The number of rotatable bonds is 7. The fourth-order valence-electron chi connectivity index (χ4n) is 4.90. The monoisotopic (exact) mass is 554 g/mol. The number of hydrogen-bond acceptors (Lipinski definition) is 10. The number of amides is 1. The topological polar surface area (TPSA) is 117 Å². The number of imidazole rings is 1. The standard InChI is InChI=1S/C28H22N6O5S/c1-36-18-8-23(20-10-25(39-24(20)9-18)21-13-34-27(31-21)40-28(32-34)37-2)38-14-16-4-3-5-22-19(16)6-7-33(22)26(35)17-11-29-15-30-12-17/h3-5,8-13,15H,6-7,14H2,1-2H3. The fourth-order valence-corrected chi connectivity index (χ4v) is 5.60. The molecule has 4 aromatic heterocycles. The zero-order chi connectivity index (χ0) is 27.2. The second kappa shape index (κ2) is 9.65. The van der Waals surface area contributed by atoms with Crippen LogP contribution in [0.15, 0.2) is 65.7 Å². The van der Waals surface area contributed by atoms with Gasteiger partial charge in [-0.05, 0) is 41.0 Å². The van der Waals surface area contributed by atoms with Crippen molar-refractivity contribution in [3.63, 3.8) is 0 Å². The number of nitrogens with zero attached hydrogens (tertiary/aromatic N) is 6. The van der Waals surface area contributed by atoms with Crippen LogP contribution in [0.2, 0.25) is 0 Å². The molecule has 11 nitrogen and oxygen atoms in total. The first-order valence-electron chi connectivity index (χ1n) is 12.4. The molecule has 7 rings (SSSR count). The molecule has 0 unspecified atom stereocenters. The van der Waals surface area contributed by atoms with Gasteiger partial charge in [-0.1, -0.05) is 12.1 Å². The number of aromatic nitrogens is 5. The van der Waals surface area contributed by atoms with E-state index < -0.39 is 0 Å². The number of anilines is 1. The van der Waals surface area contributed by atoms with Crippen molar-refractivity contribution in [2.24, 2.45) is 0 Å². The summed E-state index contributed by atoms with van der Waals surface area (Å²) in [6.07, 6.45) is 7.01. The van der Waals surface area contributed by atoms with Crippen LogP contribution in [0.5, 0.6) is 16.7 Å². The van der Waals surface area contributed by atoms with Gasteiger partial charge in [-0.15, -0.1) is 5.10 Å². The summed E-state index contributed by atoms with van der Waals surface area (Å²) in [4.78, 5) is 28.1. The molecule has 40 heavy (non-hydrogen) atoms. The predicted molar refractivity (Wildman–Crippen MR) is 147 cm³/mol. The van der Waals surface area contributed by atoms with E-state index in [0.717, 1.165) is 28.6 Å². The van der Waals surface area contributed by atoms with E-state index in [1.54, 1.807) is 29.8 Å². The van der Waals surface area contributed by atoms with Crippen molar-refractivity contribution < 1.29 is 23.4 Å². The Hall–Kier alpha value is -4.97. The van der Waals surface area contributed by atoms with Crippen LogP contribution >= 0.6 is 11.3 Å². The van der Waals surface area contributed by atoms with Crippen LogP contribution in [-0.4, -0.2) is 51.2 Å². The third-order valence-corrected chi connectivity index (χ3v) is 7.70. The molecule has 12 heteroatoms. The molecule has 1 amide bonds. The van der Waals surface area contributed by atoms with E-state index in [9.17, 15) is 4.79 Å². The zero-order valence-electron chi connectivity index (χ0n) is 21.5. The molecule has 0 spiro atoms. The van der Waals surface area contributed by atoms with E-state index in [-0.39, 0.29) is 5.91 Å². The van der Waals surface area contributed by atoms with Gasteiger partial charge in [0.15, 0.2) is 5.76 Å². The molecular weight excluding hydrogens is 532 g/mol. The molecule has 0 saturated heterocycles. The van der Waals surface area contributed by atoms with E-state index in [1.807, 2.05) is 36.4 Å². The lowest BCUT2D eigenvalue weighted by molar-refractivity contribution is 0.0988. The highest BCUT2D eigenvalue weighted by molar-refractivity contribution is 7.18.